The van der Waals surface area contributed by atoms with Crippen molar-refractivity contribution in [3.8, 4) is 11.3 Å². The Labute approximate surface area is 124 Å². The number of halogens is 1. The molecule has 1 fully saturated rings. The average molecular weight is 289 g/mol. The van der Waals surface area contributed by atoms with Gasteiger partial charge in [-0.05, 0) is 19.8 Å². The van der Waals surface area contributed by atoms with Crippen molar-refractivity contribution in [1.29, 1.82) is 0 Å². The van der Waals surface area contributed by atoms with Crippen LogP contribution in [0.1, 0.15) is 30.1 Å². The summed E-state index contributed by atoms with van der Waals surface area (Å²) in [4.78, 5) is 9.26. The van der Waals surface area contributed by atoms with Crippen LogP contribution < -0.4 is 0 Å². The minimum Gasteiger partial charge on any atom is -0.381 e. The molecule has 0 saturated carbocycles. The molecule has 1 aromatic carbocycles. The van der Waals surface area contributed by atoms with Crippen molar-refractivity contribution in [2.45, 2.75) is 25.7 Å². The molecule has 0 atom stereocenters. The van der Waals surface area contributed by atoms with Crippen molar-refractivity contribution in [2.75, 3.05) is 13.2 Å². The minimum absolute atomic E-state index is 0.351. The van der Waals surface area contributed by atoms with E-state index in [1.54, 1.807) is 0 Å². The van der Waals surface area contributed by atoms with Crippen LogP contribution in [0, 0.1) is 6.92 Å². The zero-order valence-electron chi connectivity index (χ0n) is 11.5. The first kappa shape index (κ1) is 13.5. The second-order valence-electron chi connectivity index (χ2n) is 5.10. The van der Waals surface area contributed by atoms with Crippen LogP contribution in [-0.2, 0) is 4.74 Å². The molecule has 0 N–H and O–H groups in total. The fraction of sp³-hybridized carbons (Fsp3) is 0.375. The maximum absolute atomic E-state index is 6.31. The molecule has 0 spiro atoms. The number of hydrogen-bond donors (Lipinski definition) is 0. The van der Waals surface area contributed by atoms with Crippen molar-refractivity contribution < 1.29 is 4.74 Å². The second kappa shape index (κ2) is 5.90. The van der Waals surface area contributed by atoms with Gasteiger partial charge in [0.2, 0.25) is 0 Å². The lowest BCUT2D eigenvalue weighted by atomic mass is 9.98. The Kier molecular flexibility index (Phi) is 3.99. The number of nitrogens with zero attached hydrogens (tertiary/aromatic N) is 2. The van der Waals surface area contributed by atoms with Gasteiger partial charge in [-0.15, -0.1) is 0 Å². The van der Waals surface area contributed by atoms with Crippen molar-refractivity contribution in [3.05, 3.63) is 46.9 Å². The van der Waals surface area contributed by atoms with E-state index >= 15 is 0 Å². The molecule has 1 aliphatic rings. The summed E-state index contributed by atoms with van der Waals surface area (Å²) in [5.74, 6) is 1.20. The topological polar surface area (TPSA) is 35.0 Å². The van der Waals surface area contributed by atoms with E-state index in [1.165, 1.54) is 0 Å². The molecule has 0 radical (unpaired) electrons. The molecular weight excluding hydrogens is 272 g/mol. The number of hydrogen-bond acceptors (Lipinski definition) is 3. The van der Waals surface area contributed by atoms with Crippen LogP contribution >= 0.6 is 11.6 Å². The summed E-state index contributed by atoms with van der Waals surface area (Å²) >= 11 is 6.31. The van der Waals surface area contributed by atoms with E-state index in [0.717, 1.165) is 48.7 Å². The van der Waals surface area contributed by atoms with Gasteiger partial charge in [0, 0.05) is 30.3 Å². The Bertz CT molecular complexity index is 595. The highest BCUT2D eigenvalue weighted by atomic mass is 35.5. The molecule has 1 aromatic heterocycles. The molecule has 0 bridgehead atoms. The van der Waals surface area contributed by atoms with E-state index in [0.29, 0.717) is 11.1 Å². The van der Waals surface area contributed by atoms with Gasteiger partial charge in [0.05, 0.1) is 5.69 Å². The van der Waals surface area contributed by atoms with Crippen molar-refractivity contribution in [3.63, 3.8) is 0 Å². The molecule has 3 nitrogen and oxygen atoms in total. The second-order valence-corrected chi connectivity index (χ2v) is 5.46. The summed E-state index contributed by atoms with van der Waals surface area (Å²) in [5, 5.41) is 0.556. The van der Waals surface area contributed by atoms with E-state index in [1.807, 2.05) is 25.1 Å². The lowest BCUT2D eigenvalue weighted by Crippen LogP contribution is -2.17. The maximum Gasteiger partial charge on any atom is 0.136 e. The lowest BCUT2D eigenvalue weighted by molar-refractivity contribution is 0.0836. The first-order chi connectivity index (χ1) is 9.75. The molecule has 1 saturated heterocycles. The summed E-state index contributed by atoms with van der Waals surface area (Å²) in [5.41, 5.74) is 2.96. The highest BCUT2D eigenvalue weighted by molar-refractivity contribution is 6.30. The van der Waals surface area contributed by atoms with E-state index < -0.39 is 0 Å². The molecule has 1 aliphatic heterocycles. The zero-order chi connectivity index (χ0) is 13.9. The van der Waals surface area contributed by atoms with Crippen molar-refractivity contribution in [2.24, 2.45) is 0 Å². The monoisotopic (exact) mass is 288 g/mol. The van der Waals surface area contributed by atoms with Crippen LogP contribution in [-0.4, -0.2) is 23.2 Å². The summed E-state index contributed by atoms with van der Waals surface area (Å²) in [6.07, 6.45) is 1.93. The largest absolute Gasteiger partial charge is 0.381 e. The standard InChI is InChI=1S/C16H17ClN2O/c1-11-14(12-5-3-2-4-6-12)18-16(19-15(11)17)13-7-9-20-10-8-13/h2-6,13H,7-10H2,1H3. The normalized spacial score (nSPS) is 16.3. The molecule has 20 heavy (non-hydrogen) atoms. The van der Waals surface area contributed by atoms with Gasteiger partial charge in [0.25, 0.3) is 0 Å². The molecule has 0 amide bonds. The predicted molar refractivity (Wildman–Crippen MR) is 80.0 cm³/mol. The first-order valence-corrected chi connectivity index (χ1v) is 7.30. The summed E-state index contributed by atoms with van der Waals surface area (Å²) in [6.45, 7) is 3.53. The Balaban J connectivity index is 2.03. The SMILES string of the molecule is Cc1c(Cl)nc(C2CCOCC2)nc1-c1ccccc1. The number of rotatable bonds is 2. The minimum atomic E-state index is 0.351. The predicted octanol–water partition coefficient (Wildman–Crippen LogP) is 4.00. The van der Waals surface area contributed by atoms with Crippen LogP contribution in [0.5, 0.6) is 0 Å². The van der Waals surface area contributed by atoms with Gasteiger partial charge in [-0.2, -0.15) is 0 Å². The molecule has 2 aromatic rings. The maximum atomic E-state index is 6.31. The van der Waals surface area contributed by atoms with E-state index in [9.17, 15) is 0 Å². The third kappa shape index (κ3) is 2.69. The van der Waals surface area contributed by atoms with E-state index in [2.05, 4.69) is 17.1 Å². The van der Waals surface area contributed by atoms with Crippen LogP contribution in [0.2, 0.25) is 5.15 Å². The Hall–Kier alpha value is -1.45. The summed E-state index contributed by atoms with van der Waals surface area (Å²) in [6, 6.07) is 10.1. The number of aromatic nitrogens is 2. The average Bonchev–Trinajstić information content (AvgIpc) is 2.51. The van der Waals surface area contributed by atoms with Gasteiger partial charge >= 0.3 is 0 Å². The quantitative estimate of drug-likeness (QED) is 0.784. The zero-order valence-corrected chi connectivity index (χ0v) is 12.2. The highest BCUT2D eigenvalue weighted by Gasteiger charge is 2.21. The molecule has 104 valence electrons. The molecule has 3 rings (SSSR count). The summed E-state index contributed by atoms with van der Waals surface area (Å²) < 4.78 is 5.40. The molecule has 2 heterocycles. The molecular formula is C16H17ClN2O. The van der Waals surface area contributed by atoms with Gasteiger partial charge < -0.3 is 4.74 Å². The first-order valence-electron chi connectivity index (χ1n) is 6.93. The fourth-order valence-electron chi connectivity index (χ4n) is 2.52. The number of ether oxygens (including phenoxy) is 1. The molecule has 4 heteroatoms. The summed E-state index contributed by atoms with van der Waals surface area (Å²) in [7, 11) is 0. The van der Waals surface area contributed by atoms with Crippen molar-refractivity contribution >= 4 is 11.6 Å². The van der Waals surface area contributed by atoms with Gasteiger partial charge in [-0.3, -0.25) is 0 Å². The van der Waals surface area contributed by atoms with Crippen molar-refractivity contribution in [1.82, 2.24) is 9.97 Å². The van der Waals surface area contributed by atoms with Crippen LogP contribution in [0.25, 0.3) is 11.3 Å². The van der Waals surface area contributed by atoms with E-state index in [-0.39, 0.29) is 0 Å². The Morgan fingerprint density at radius 1 is 1.10 bits per heavy atom. The van der Waals surface area contributed by atoms with Gasteiger partial charge in [-0.1, -0.05) is 41.9 Å². The highest BCUT2D eigenvalue weighted by Crippen LogP contribution is 2.30. The molecule has 0 unspecified atom stereocenters. The Morgan fingerprint density at radius 3 is 2.50 bits per heavy atom. The van der Waals surface area contributed by atoms with Crippen LogP contribution in [0.15, 0.2) is 30.3 Å². The van der Waals surface area contributed by atoms with Gasteiger partial charge in [0.15, 0.2) is 0 Å². The third-order valence-electron chi connectivity index (χ3n) is 3.74. The Morgan fingerprint density at radius 2 is 1.80 bits per heavy atom. The third-order valence-corrected chi connectivity index (χ3v) is 4.11. The lowest BCUT2D eigenvalue weighted by Gasteiger charge is -2.21. The molecule has 0 aliphatic carbocycles. The smallest absolute Gasteiger partial charge is 0.136 e. The van der Waals surface area contributed by atoms with E-state index in [4.69, 9.17) is 21.3 Å². The number of benzene rings is 1. The fourth-order valence-corrected chi connectivity index (χ4v) is 2.70. The van der Waals surface area contributed by atoms with Crippen LogP contribution in [0.4, 0.5) is 0 Å². The van der Waals surface area contributed by atoms with Gasteiger partial charge in [-0.25, -0.2) is 9.97 Å². The van der Waals surface area contributed by atoms with Crippen LogP contribution in [0.3, 0.4) is 0 Å². The van der Waals surface area contributed by atoms with Gasteiger partial charge in [0.1, 0.15) is 11.0 Å².